The van der Waals surface area contributed by atoms with E-state index in [2.05, 4.69) is 0 Å². The van der Waals surface area contributed by atoms with Crippen molar-refractivity contribution >= 4 is 39.1 Å². The molecule has 0 bridgehead atoms. The largest absolute Gasteiger partial charge is 0.454 e. The van der Waals surface area contributed by atoms with Crippen molar-refractivity contribution in [1.29, 1.82) is 0 Å². The van der Waals surface area contributed by atoms with Crippen LogP contribution in [0.4, 0.5) is 5.69 Å². The Bertz CT molecular complexity index is 1440. The topological polar surface area (TPSA) is 124 Å². The smallest absolute Gasteiger partial charge is 0.338 e. The van der Waals surface area contributed by atoms with E-state index in [4.69, 9.17) is 16.3 Å². The van der Waals surface area contributed by atoms with Crippen molar-refractivity contribution in [3.63, 3.8) is 0 Å². The molecule has 0 unspecified atom stereocenters. The van der Waals surface area contributed by atoms with Gasteiger partial charge in [-0.3, -0.25) is 14.9 Å². The molecular formula is C24H19ClN2O7S. The van der Waals surface area contributed by atoms with E-state index >= 15 is 0 Å². The third-order valence-electron chi connectivity index (χ3n) is 5.59. The van der Waals surface area contributed by atoms with Gasteiger partial charge in [-0.1, -0.05) is 48.0 Å². The fourth-order valence-corrected chi connectivity index (χ4v) is 5.65. The minimum atomic E-state index is -4.02. The summed E-state index contributed by atoms with van der Waals surface area (Å²) in [6, 6.07) is 16.3. The number of esters is 1. The minimum absolute atomic E-state index is 0.0109. The standard InChI is InChI=1S/C24H19ClN2O7S/c25-21-9-8-18(24(29)34-15-22(28)17-6-3-7-20(12-17)27(30)31)13-23(21)35(32,33)26-11-10-16-4-1-2-5-19(16)14-26/h1-9,12-13H,10-11,14-15H2. The van der Waals surface area contributed by atoms with Crippen LogP contribution >= 0.6 is 11.6 Å². The lowest BCUT2D eigenvalue weighted by Crippen LogP contribution is -2.36. The number of halogens is 1. The van der Waals surface area contributed by atoms with Crippen molar-refractivity contribution in [3.8, 4) is 0 Å². The first kappa shape index (κ1) is 24.5. The average molecular weight is 515 g/mol. The molecule has 0 spiro atoms. The molecule has 0 saturated carbocycles. The number of ketones is 1. The second kappa shape index (κ2) is 9.95. The maximum absolute atomic E-state index is 13.3. The van der Waals surface area contributed by atoms with E-state index in [0.717, 1.165) is 23.3 Å². The van der Waals surface area contributed by atoms with Crippen LogP contribution in [0.2, 0.25) is 5.02 Å². The number of hydrogen-bond acceptors (Lipinski definition) is 7. The quantitative estimate of drug-likeness (QED) is 0.202. The number of rotatable bonds is 7. The minimum Gasteiger partial charge on any atom is -0.454 e. The lowest BCUT2D eigenvalue weighted by molar-refractivity contribution is -0.384. The molecule has 0 aromatic heterocycles. The van der Waals surface area contributed by atoms with Crippen LogP contribution in [0.1, 0.15) is 31.8 Å². The van der Waals surface area contributed by atoms with Crippen molar-refractivity contribution in [2.24, 2.45) is 0 Å². The third-order valence-corrected chi connectivity index (χ3v) is 7.92. The number of fused-ring (bicyclic) bond motifs is 1. The summed E-state index contributed by atoms with van der Waals surface area (Å²) in [4.78, 5) is 34.9. The Morgan fingerprint density at radius 2 is 1.74 bits per heavy atom. The van der Waals surface area contributed by atoms with Crippen LogP contribution in [-0.2, 0) is 27.7 Å². The SMILES string of the molecule is O=C(COC(=O)c1ccc(Cl)c(S(=O)(=O)N2CCc3ccccc3C2)c1)c1cccc([N+](=O)[O-])c1. The van der Waals surface area contributed by atoms with E-state index in [9.17, 15) is 28.1 Å². The van der Waals surface area contributed by atoms with E-state index in [1.165, 1.54) is 34.6 Å². The molecule has 0 aliphatic carbocycles. The Hall–Kier alpha value is -3.60. The molecule has 180 valence electrons. The Morgan fingerprint density at radius 3 is 2.49 bits per heavy atom. The molecular weight excluding hydrogens is 496 g/mol. The number of sulfonamides is 1. The molecule has 0 atom stereocenters. The molecule has 0 saturated heterocycles. The van der Waals surface area contributed by atoms with Crippen LogP contribution in [-0.4, -0.2) is 42.6 Å². The van der Waals surface area contributed by atoms with Crippen LogP contribution < -0.4 is 0 Å². The summed E-state index contributed by atoms with van der Waals surface area (Å²) in [5, 5.41) is 10.8. The number of carbonyl (C=O) groups is 2. The summed E-state index contributed by atoms with van der Waals surface area (Å²) in [6.07, 6.45) is 0.550. The highest BCUT2D eigenvalue weighted by Crippen LogP contribution is 2.30. The maximum atomic E-state index is 13.3. The van der Waals surface area contributed by atoms with Crippen molar-refractivity contribution in [3.05, 3.63) is 104 Å². The van der Waals surface area contributed by atoms with Crippen molar-refractivity contribution in [1.82, 2.24) is 4.31 Å². The highest BCUT2D eigenvalue weighted by atomic mass is 35.5. The van der Waals surface area contributed by atoms with Crippen LogP contribution in [0.15, 0.2) is 71.6 Å². The third kappa shape index (κ3) is 5.24. The van der Waals surface area contributed by atoms with Gasteiger partial charge in [0.1, 0.15) is 4.90 Å². The number of nitrogens with zero attached hydrogens (tertiary/aromatic N) is 2. The number of ether oxygens (including phenoxy) is 1. The zero-order valence-corrected chi connectivity index (χ0v) is 19.8. The highest BCUT2D eigenvalue weighted by Gasteiger charge is 2.30. The van der Waals surface area contributed by atoms with Crippen LogP contribution in [0.3, 0.4) is 0 Å². The number of carbonyl (C=O) groups excluding carboxylic acids is 2. The molecule has 0 amide bonds. The number of benzene rings is 3. The predicted octanol–water partition coefficient (Wildman–Crippen LogP) is 4.03. The first-order valence-electron chi connectivity index (χ1n) is 10.5. The molecule has 0 fully saturated rings. The molecule has 1 heterocycles. The van der Waals surface area contributed by atoms with Gasteiger partial charge in [0.2, 0.25) is 15.8 Å². The number of nitro groups is 1. The molecule has 3 aromatic rings. The Morgan fingerprint density at radius 1 is 1.00 bits per heavy atom. The van der Waals surface area contributed by atoms with Gasteiger partial charge in [-0.2, -0.15) is 4.31 Å². The van der Waals surface area contributed by atoms with Crippen molar-refractivity contribution in [2.75, 3.05) is 13.2 Å². The molecule has 1 aliphatic rings. The summed E-state index contributed by atoms with van der Waals surface area (Å²) in [5.74, 6) is -1.57. The van der Waals surface area contributed by atoms with Gasteiger partial charge >= 0.3 is 5.97 Å². The Balaban J connectivity index is 1.50. The van der Waals surface area contributed by atoms with E-state index in [1.54, 1.807) is 0 Å². The van der Waals surface area contributed by atoms with Gasteiger partial charge in [0, 0.05) is 30.8 Å². The van der Waals surface area contributed by atoms with Gasteiger partial charge in [-0.05, 0) is 35.7 Å². The molecule has 3 aromatic carbocycles. The molecule has 1 aliphatic heterocycles. The number of non-ortho nitro benzene ring substituents is 1. The highest BCUT2D eigenvalue weighted by molar-refractivity contribution is 7.89. The predicted molar refractivity (Wildman–Crippen MR) is 127 cm³/mol. The number of nitro benzene ring substituents is 1. The zero-order valence-electron chi connectivity index (χ0n) is 18.2. The maximum Gasteiger partial charge on any atom is 0.338 e. The molecule has 0 radical (unpaired) electrons. The average Bonchev–Trinajstić information content (AvgIpc) is 2.86. The lowest BCUT2D eigenvalue weighted by atomic mass is 10.0. The van der Waals surface area contributed by atoms with Crippen molar-refractivity contribution in [2.45, 2.75) is 17.9 Å². The second-order valence-electron chi connectivity index (χ2n) is 7.81. The first-order chi connectivity index (χ1) is 16.7. The van der Waals surface area contributed by atoms with E-state index in [1.807, 2.05) is 24.3 Å². The molecule has 4 rings (SSSR count). The van der Waals surface area contributed by atoms with Gasteiger partial charge < -0.3 is 4.74 Å². The lowest BCUT2D eigenvalue weighted by Gasteiger charge is -2.28. The first-order valence-corrected chi connectivity index (χ1v) is 12.3. The van der Waals surface area contributed by atoms with E-state index < -0.39 is 33.3 Å². The van der Waals surface area contributed by atoms with Gasteiger partial charge in [0.15, 0.2) is 6.61 Å². The monoisotopic (exact) mass is 514 g/mol. The summed E-state index contributed by atoms with van der Waals surface area (Å²) >= 11 is 6.19. The van der Waals surface area contributed by atoms with Gasteiger partial charge in [-0.15, -0.1) is 0 Å². The number of hydrogen-bond donors (Lipinski definition) is 0. The van der Waals surface area contributed by atoms with E-state index in [-0.39, 0.29) is 39.8 Å². The Kier molecular flexibility index (Phi) is 6.97. The molecule has 11 heteroatoms. The van der Waals surface area contributed by atoms with Crippen molar-refractivity contribution < 1.29 is 27.7 Å². The summed E-state index contributed by atoms with van der Waals surface area (Å²) in [7, 11) is -4.02. The Labute approximate surface area is 206 Å². The van der Waals surface area contributed by atoms with Crippen LogP contribution in [0, 0.1) is 10.1 Å². The van der Waals surface area contributed by atoms with Crippen LogP contribution in [0.25, 0.3) is 0 Å². The normalized spacial score (nSPS) is 13.6. The zero-order chi connectivity index (χ0) is 25.2. The summed E-state index contributed by atoms with van der Waals surface area (Å²) in [6.45, 7) is -0.225. The summed E-state index contributed by atoms with van der Waals surface area (Å²) in [5.41, 5.74) is 1.62. The summed E-state index contributed by atoms with van der Waals surface area (Å²) < 4.78 is 33.0. The van der Waals surface area contributed by atoms with E-state index in [0.29, 0.717) is 6.42 Å². The molecule has 35 heavy (non-hydrogen) atoms. The number of Topliss-reactive ketones (excluding diaryl/α,β-unsaturated/α-hetero) is 1. The van der Waals surface area contributed by atoms with Gasteiger partial charge in [-0.25, -0.2) is 13.2 Å². The fourth-order valence-electron chi connectivity index (χ4n) is 3.73. The molecule has 0 N–H and O–H groups in total. The van der Waals surface area contributed by atoms with Gasteiger partial charge in [0.25, 0.3) is 5.69 Å². The van der Waals surface area contributed by atoms with Crippen LogP contribution in [0.5, 0.6) is 0 Å². The van der Waals surface area contributed by atoms with Gasteiger partial charge in [0.05, 0.1) is 15.5 Å². The molecule has 9 nitrogen and oxygen atoms in total. The fraction of sp³-hybridized carbons (Fsp3) is 0.167. The second-order valence-corrected chi connectivity index (χ2v) is 10.1.